The molecule has 0 bridgehead atoms. The molecule has 0 radical (unpaired) electrons. The first-order valence-corrected chi connectivity index (χ1v) is 26.8. The Morgan fingerprint density at radius 3 is 1.61 bits per heavy atom. The Hall–Kier alpha value is -6.42. The molecular weight excluding hydrogens is 1110 g/mol. The molecule has 76 heavy (non-hydrogen) atoms. The standard InChI is InChI=1S/C70H75N4O.Pt/c1-65(2,3)48-27-31-60-59(40-48)58-30-29-56(44-62(58)74(60)64-42-49(33-34-71-64)66(4,5)6)75-57-39-52(68(10,11)12)37-55(43-57)73-45-72(61-32-28-50(41-63(61)73)69(13,14)46-23-19-17-20-24-46)54-36-51(67(7,8)9)35-53(38-54)70(15,16)47-25-21-18-22-26-47;/h17-42,45H,1-16H3;/q-3;. The van der Waals surface area contributed by atoms with E-state index in [0.29, 0.717) is 11.5 Å². The van der Waals surface area contributed by atoms with Gasteiger partial charge in [-0.15, -0.1) is 53.6 Å². The SMILES string of the molecule is CC(C)(C)c1cc(Oc2[c-]c3c(cc2)c2cc(C(C)(C)C)ccc2n3-c2cc(C(C)(C)C)ccn2)[c-]c(N2[CH-]N(c3cc(C(C)(C)C)cc(C(C)(C)c4ccccc4)c3)c3ccc(C(C)(C)c4ccccc4)cc32)c1.[Pt]. The molecule has 0 aliphatic carbocycles. The van der Waals surface area contributed by atoms with Crippen molar-refractivity contribution in [3.05, 3.63) is 221 Å². The molecule has 3 heterocycles. The third-order valence-corrected chi connectivity index (χ3v) is 15.8. The van der Waals surface area contributed by atoms with E-state index in [2.05, 4.69) is 296 Å². The summed E-state index contributed by atoms with van der Waals surface area (Å²) in [7, 11) is 0. The molecule has 0 N–H and O–H groups in total. The van der Waals surface area contributed by atoms with E-state index in [0.717, 1.165) is 55.9 Å². The predicted molar refractivity (Wildman–Crippen MR) is 316 cm³/mol. The molecule has 0 unspecified atom stereocenters. The number of benzene rings is 7. The Balaban J connectivity index is 0.00000706. The third kappa shape index (κ3) is 10.3. The molecule has 7 aromatic carbocycles. The second-order valence-electron chi connectivity index (χ2n) is 26.1. The molecule has 0 spiro atoms. The maximum absolute atomic E-state index is 7.05. The van der Waals surface area contributed by atoms with Crippen LogP contribution in [0.2, 0.25) is 0 Å². The van der Waals surface area contributed by atoms with E-state index in [1.807, 2.05) is 6.20 Å². The zero-order chi connectivity index (χ0) is 53.6. The van der Waals surface area contributed by atoms with Gasteiger partial charge in [-0.2, -0.15) is 6.07 Å². The van der Waals surface area contributed by atoms with Crippen LogP contribution in [-0.4, -0.2) is 9.55 Å². The number of pyridine rings is 1. The normalized spacial score (nSPS) is 13.6. The van der Waals surface area contributed by atoms with Crippen molar-refractivity contribution in [1.29, 1.82) is 0 Å². The van der Waals surface area contributed by atoms with Crippen molar-refractivity contribution in [2.45, 2.75) is 143 Å². The van der Waals surface area contributed by atoms with Gasteiger partial charge in [0.15, 0.2) is 0 Å². The van der Waals surface area contributed by atoms with E-state index in [1.54, 1.807) is 0 Å². The number of nitrogens with zero attached hydrogens (tertiary/aromatic N) is 4. The monoisotopic (exact) mass is 1180 g/mol. The summed E-state index contributed by atoms with van der Waals surface area (Å²) in [4.78, 5) is 9.68. The average molecular weight is 1180 g/mol. The number of anilines is 4. The minimum atomic E-state index is -0.269. The van der Waals surface area contributed by atoms with Crippen molar-refractivity contribution in [2.75, 3.05) is 9.80 Å². The molecule has 394 valence electrons. The summed E-state index contributed by atoms with van der Waals surface area (Å²) in [6, 6.07) is 63.3. The molecule has 1 aliphatic rings. The summed E-state index contributed by atoms with van der Waals surface area (Å²) in [5, 5.41) is 2.26. The van der Waals surface area contributed by atoms with Gasteiger partial charge in [0.05, 0.1) is 0 Å². The van der Waals surface area contributed by atoms with Crippen LogP contribution in [0.4, 0.5) is 22.7 Å². The summed E-state index contributed by atoms with van der Waals surface area (Å²) in [6.07, 6.45) is 1.93. The number of fused-ring (bicyclic) bond motifs is 4. The Morgan fingerprint density at radius 1 is 0.421 bits per heavy atom. The van der Waals surface area contributed by atoms with Gasteiger partial charge in [-0.1, -0.05) is 201 Å². The van der Waals surface area contributed by atoms with Crippen LogP contribution >= 0.6 is 0 Å². The van der Waals surface area contributed by atoms with Gasteiger partial charge in [0, 0.05) is 72.2 Å². The van der Waals surface area contributed by atoms with Gasteiger partial charge in [-0.25, -0.2) is 4.98 Å². The van der Waals surface area contributed by atoms with Crippen molar-refractivity contribution in [2.24, 2.45) is 0 Å². The second-order valence-corrected chi connectivity index (χ2v) is 26.1. The van der Waals surface area contributed by atoms with Gasteiger partial charge >= 0.3 is 0 Å². The molecule has 0 atom stereocenters. The van der Waals surface area contributed by atoms with Crippen LogP contribution in [0.25, 0.3) is 27.6 Å². The average Bonchev–Trinajstić information content (AvgIpc) is 3.91. The predicted octanol–water partition coefficient (Wildman–Crippen LogP) is 18.8. The Morgan fingerprint density at radius 2 is 0.987 bits per heavy atom. The van der Waals surface area contributed by atoms with Crippen LogP contribution in [0.5, 0.6) is 11.5 Å². The summed E-state index contributed by atoms with van der Waals surface area (Å²) in [5.41, 5.74) is 15.2. The quantitative estimate of drug-likeness (QED) is 0.135. The summed E-state index contributed by atoms with van der Waals surface area (Å²) >= 11 is 0. The van der Waals surface area contributed by atoms with E-state index in [9.17, 15) is 0 Å². The van der Waals surface area contributed by atoms with Crippen molar-refractivity contribution < 1.29 is 25.8 Å². The molecule has 1 aliphatic heterocycles. The van der Waals surface area contributed by atoms with Crippen molar-refractivity contribution >= 4 is 44.6 Å². The molecule has 0 amide bonds. The van der Waals surface area contributed by atoms with Crippen molar-refractivity contribution in [3.63, 3.8) is 0 Å². The fourth-order valence-electron chi connectivity index (χ4n) is 10.5. The number of hydrogen-bond acceptors (Lipinski definition) is 4. The van der Waals surface area contributed by atoms with Crippen LogP contribution in [0.1, 0.15) is 155 Å². The van der Waals surface area contributed by atoms with Gasteiger partial charge in [0.25, 0.3) is 0 Å². The topological polar surface area (TPSA) is 33.5 Å². The van der Waals surface area contributed by atoms with Crippen LogP contribution in [0.15, 0.2) is 158 Å². The molecule has 0 saturated heterocycles. The van der Waals surface area contributed by atoms with Gasteiger partial charge < -0.3 is 19.1 Å². The van der Waals surface area contributed by atoms with Gasteiger partial charge in [-0.3, -0.25) is 0 Å². The van der Waals surface area contributed by atoms with Crippen LogP contribution < -0.4 is 14.5 Å². The molecule has 10 rings (SSSR count). The van der Waals surface area contributed by atoms with E-state index in [1.165, 1.54) is 38.9 Å². The second kappa shape index (κ2) is 19.5. The van der Waals surface area contributed by atoms with E-state index >= 15 is 0 Å². The van der Waals surface area contributed by atoms with Crippen LogP contribution in [0, 0.1) is 18.8 Å². The van der Waals surface area contributed by atoms with Gasteiger partial charge in [-0.05, 0) is 108 Å². The van der Waals surface area contributed by atoms with Crippen molar-refractivity contribution in [1.82, 2.24) is 9.55 Å². The Labute approximate surface area is 468 Å². The largest absolute Gasteiger partial charge is 0.509 e. The molecule has 2 aromatic heterocycles. The molecule has 6 heteroatoms. The summed E-state index contributed by atoms with van der Waals surface area (Å²) in [5.74, 6) is 2.08. The number of aromatic nitrogens is 2. The van der Waals surface area contributed by atoms with E-state index in [4.69, 9.17) is 9.72 Å². The first-order valence-electron chi connectivity index (χ1n) is 26.8. The number of rotatable bonds is 9. The molecular formula is C70H75N4OPt-3. The number of hydrogen-bond donors (Lipinski definition) is 0. The maximum Gasteiger partial charge on any atom is 0.135 e. The smallest absolute Gasteiger partial charge is 0.135 e. The molecule has 9 aromatic rings. The van der Waals surface area contributed by atoms with E-state index in [-0.39, 0.29) is 53.6 Å². The zero-order valence-electron chi connectivity index (χ0n) is 47.6. The minimum absolute atomic E-state index is 0. The van der Waals surface area contributed by atoms with Gasteiger partial charge in [0.1, 0.15) is 5.82 Å². The first-order chi connectivity index (χ1) is 35.2. The molecule has 0 fully saturated rings. The Bertz CT molecular complexity index is 3600. The fraction of sp³-hybridized carbons (Fsp3) is 0.314. The maximum atomic E-state index is 7.05. The fourth-order valence-corrected chi connectivity index (χ4v) is 10.5. The minimum Gasteiger partial charge on any atom is -0.509 e. The summed E-state index contributed by atoms with van der Waals surface area (Å²) < 4.78 is 9.30. The van der Waals surface area contributed by atoms with Crippen LogP contribution in [-0.2, 0) is 53.6 Å². The molecule has 0 saturated carbocycles. The van der Waals surface area contributed by atoms with E-state index < -0.39 is 0 Å². The zero-order valence-corrected chi connectivity index (χ0v) is 49.9. The van der Waals surface area contributed by atoms with Gasteiger partial charge in [0.2, 0.25) is 0 Å². The third-order valence-electron chi connectivity index (χ3n) is 15.8. The summed E-state index contributed by atoms with van der Waals surface area (Å²) in [6.45, 7) is 38.8. The molecule has 5 nitrogen and oxygen atoms in total. The Kier molecular flexibility index (Phi) is 14.0. The first kappa shape index (κ1) is 54.4. The van der Waals surface area contributed by atoms with Crippen LogP contribution in [0.3, 0.4) is 0 Å². The number of ether oxygens (including phenoxy) is 1. The van der Waals surface area contributed by atoms with Crippen molar-refractivity contribution in [3.8, 4) is 17.3 Å².